The first-order chi connectivity index (χ1) is 9.17. The number of anilines is 1. The van der Waals surface area contributed by atoms with Crippen LogP contribution in [-0.2, 0) is 4.74 Å². The number of oxazole rings is 1. The van der Waals surface area contributed by atoms with E-state index in [2.05, 4.69) is 16.8 Å². The number of rotatable bonds is 2. The van der Waals surface area contributed by atoms with Gasteiger partial charge in [-0.3, -0.25) is 0 Å². The minimum atomic E-state index is -0.297. The molecule has 1 aromatic heterocycles. The minimum absolute atomic E-state index is 0.181. The molecular weight excluding hydrogens is 247 g/mol. The Kier molecular flexibility index (Phi) is 3.14. The predicted molar refractivity (Wildman–Crippen MR) is 70.8 cm³/mol. The van der Waals surface area contributed by atoms with E-state index in [1.54, 1.807) is 13.2 Å². The standard InChI is InChI=1S/C14H17FN2O2/c1-9-5-6-17(8-13(9)18-2)14-16-11-7-10(15)3-4-12(11)19-14/h3-4,7,9,13H,5-6,8H2,1-2H3. The normalized spacial score (nSPS) is 24.1. The van der Waals surface area contributed by atoms with Crippen molar-refractivity contribution in [2.45, 2.75) is 19.4 Å². The summed E-state index contributed by atoms with van der Waals surface area (Å²) in [5.41, 5.74) is 1.17. The maximum atomic E-state index is 13.1. The summed E-state index contributed by atoms with van der Waals surface area (Å²) >= 11 is 0. The Morgan fingerprint density at radius 1 is 1.47 bits per heavy atom. The topological polar surface area (TPSA) is 38.5 Å². The summed E-state index contributed by atoms with van der Waals surface area (Å²) in [5.74, 6) is 0.234. The van der Waals surface area contributed by atoms with E-state index in [0.29, 0.717) is 23.0 Å². The van der Waals surface area contributed by atoms with Crippen molar-refractivity contribution in [3.05, 3.63) is 24.0 Å². The largest absolute Gasteiger partial charge is 0.423 e. The van der Waals surface area contributed by atoms with Crippen molar-refractivity contribution in [2.75, 3.05) is 25.1 Å². The minimum Gasteiger partial charge on any atom is -0.423 e. The molecule has 3 rings (SSSR count). The third kappa shape index (κ3) is 2.30. The number of nitrogens with zero attached hydrogens (tertiary/aromatic N) is 2. The van der Waals surface area contributed by atoms with Crippen molar-refractivity contribution in [3.63, 3.8) is 0 Å². The Labute approximate surface area is 111 Å². The van der Waals surface area contributed by atoms with Gasteiger partial charge in [0.15, 0.2) is 5.58 Å². The highest BCUT2D eigenvalue weighted by molar-refractivity contribution is 5.74. The molecule has 0 radical (unpaired) electrons. The number of ether oxygens (including phenoxy) is 1. The van der Waals surface area contributed by atoms with Gasteiger partial charge in [-0.25, -0.2) is 4.39 Å². The van der Waals surface area contributed by atoms with Gasteiger partial charge >= 0.3 is 0 Å². The summed E-state index contributed by atoms with van der Waals surface area (Å²) in [6, 6.07) is 4.94. The molecule has 0 aliphatic carbocycles. The average Bonchev–Trinajstić information content (AvgIpc) is 2.82. The van der Waals surface area contributed by atoms with Crippen LogP contribution in [0.2, 0.25) is 0 Å². The first kappa shape index (κ1) is 12.4. The fourth-order valence-corrected chi connectivity index (χ4v) is 2.54. The van der Waals surface area contributed by atoms with Crippen LogP contribution >= 0.6 is 0 Å². The van der Waals surface area contributed by atoms with Gasteiger partial charge < -0.3 is 14.1 Å². The molecule has 2 unspecified atom stereocenters. The van der Waals surface area contributed by atoms with E-state index in [4.69, 9.17) is 9.15 Å². The third-order valence-electron chi connectivity index (χ3n) is 3.80. The highest BCUT2D eigenvalue weighted by atomic mass is 19.1. The van der Waals surface area contributed by atoms with Crippen LogP contribution in [0, 0.1) is 11.7 Å². The summed E-state index contributed by atoms with van der Waals surface area (Å²) < 4.78 is 24.3. The van der Waals surface area contributed by atoms with Gasteiger partial charge in [-0.05, 0) is 24.5 Å². The predicted octanol–water partition coefficient (Wildman–Crippen LogP) is 2.83. The summed E-state index contributed by atoms with van der Waals surface area (Å²) in [4.78, 5) is 6.42. The second-order valence-electron chi connectivity index (χ2n) is 5.09. The number of hydrogen-bond donors (Lipinski definition) is 0. The highest BCUT2D eigenvalue weighted by Crippen LogP contribution is 2.27. The van der Waals surface area contributed by atoms with Crippen molar-refractivity contribution in [1.29, 1.82) is 0 Å². The smallest absolute Gasteiger partial charge is 0.298 e. The van der Waals surface area contributed by atoms with E-state index >= 15 is 0 Å². The van der Waals surface area contributed by atoms with Crippen molar-refractivity contribution >= 4 is 17.1 Å². The maximum absolute atomic E-state index is 13.1. The zero-order valence-electron chi connectivity index (χ0n) is 11.1. The fourth-order valence-electron chi connectivity index (χ4n) is 2.54. The van der Waals surface area contributed by atoms with E-state index in [1.165, 1.54) is 12.1 Å². The summed E-state index contributed by atoms with van der Waals surface area (Å²) in [7, 11) is 1.73. The van der Waals surface area contributed by atoms with E-state index in [-0.39, 0.29) is 11.9 Å². The Balaban J connectivity index is 1.87. The lowest BCUT2D eigenvalue weighted by Gasteiger charge is -2.35. The zero-order chi connectivity index (χ0) is 13.4. The Hall–Kier alpha value is -1.62. The van der Waals surface area contributed by atoms with E-state index in [1.807, 2.05) is 0 Å². The fraction of sp³-hybridized carbons (Fsp3) is 0.500. The van der Waals surface area contributed by atoms with Crippen LogP contribution < -0.4 is 4.90 Å². The molecule has 19 heavy (non-hydrogen) atoms. The molecule has 0 spiro atoms. The van der Waals surface area contributed by atoms with Gasteiger partial charge in [-0.1, -0.05) is 6.92 Å². The number of fused-ring (bicyclic) bond motifs is 1. The van der Waals surface area contributed by atoms with Gasteiger partial charge in [-0.2, -0.15) is 4.98 Å². The van der Waals surface area contributed by atoms with Crippen LogP contribution in [0.5, 0.6) is 0 Å². The molecular formula is C14H17FN2O2. The molecule has 1 saturated heterocycles. The molecule has 1 aromatic carbocycles. The van der Waals surface area contributed by atoms with Gasteiger partial charge in [0.05, 0.1) is 6.10 Å². The summed E-state index contributed by atoms with van der Waals surface area (Å²) in [6.45, 7) is 3.83. The van der Waals surface area contributed by atoms with E-state index in [0.717, 1.165) is 19.5 Å². The molecule has 2 atom stereocenters. The SMILES string of the molecule is COC1CN(c2nc3cc(F)ccc3o2)CCC1C. The van der Waals surface area contributed by atoms with Crippen LogP contribution in [0.4, 0.5) is 10.4 Å². The van der Waals surface area contributed by atoms with Gasteiger partial charge in [0, 0.05) is 26.3 Å². The van der Waals surface area contributed by atoms with Crippen molar-refractivity contribution < 1.29 is 13.5 Å². The van der Waals surface area contributed by atoms with E-state index in [9.17, 15) is 4.39 Å². The molecule has 2 heterocycles. The molecule has 2 aromatic rings. The quantitative estimate of drug-likeness (QED) is 0.836. The summed E-state index contributed by atoms with van der Waals surface area (Å²) in [6.07, 6.45) is 1.21. The molecule has 102 valence electrons. The number of aromatic nitrogens is 1. The molecule has 1 fully saturated rings. The molecule has 1 aliphatic heterocycles. The van der Waals surface area contributed by atoms with E-state index < -0.39 is 0 Å². The molecule has 0 amide bonds. The second-order valence-corrected chi connectivity index (χ2v) is 5.09. The van der Waals surface area contributed by atoms with Gasteiger partial charge in [0.1, 0.15) is 11.3 Å². The van der Waals surface area contributed by atoms with Gasteiger partial charge in [-0.15, -0.1) is 0 Å². The van der Waals surface area contributed by atoms with Crippen LogP contribution in [-0.4, -0.2) is 31.3 Å². The third-order valence-corrected chi connectivity index (χ3v) is 3.80. The van der Waals surface area contributed by atoms with Crippen LogP contribution in [0.3, 0.4) is 0 Å². The number of piperidine rings is 1. The Bertz CT molecular complexity index is 584. The molecule has 0 saturated carbocycles. The summed E-state index contributed by atoms with van der Waals surface area (Å²) in [5, 5.41) is 0. The monoisotopic (exact) mass is 264 g/mol. The average molecular weight is 264 g/mol. The second kappa shape index (κ2) is 4.81. The zero-order valence-corrected chi connectivity index (χ0v) is 11.1. The number of halogens is 1. The Morgan fingerprint density at radius 3 is 3.11 bits per heavy atom. The first-order valence-electron chi connectivity index (χ1n) is 6.51. The number of methoxy groups -OCH3 is 1. The van der Waals surface area contributed by atoms with Crippen molar-refractivity contribution in [1.82, 2.24) is 4.98 Å². The van der Waals surface area contributed by atoms with Crippen molar-refractivity contribution in [3.8, 4) is 0 Å². The maximum Gasteiger partial charge on any atom is 0.298 e. The molecule has 0 N–H and O–H groups in total. The number of hydrogen-bond acceptors (Lipinski definition) is 4. The lowest BCUT2D eigenvalue weighted by Crippen LogP contribution is -2.44. The molecule has 1 aliphatic rings. The Morgan fingerprint density at radius 2 is 2.32 bits per heavy atom. The number of benzene rings is 1. The molecule has 4 nitrogen and oxygen atoms in total. The van der Waals surface area contributed by atoms with Gasteiger partial charge in [0.25, 0.3) is 6.01 Å². The van der Waals surface area contributed by atoms with Gasteiger partial charge in [0.2, 0.25) is 0 Å². The van der Waals surface area contributed by atoms with Crippen LogP contribution in [0.25, 0.3) is 11.1 Å². The highest BCUT2D eigenvalue weighted by Gasteiger charge is 2.28. The van der Waals surface area contributed by atoms with Crippen molar-refractivity contribution in [2.24, 2.45) is 5.92 Å². The molecule has 0 bridgehead atoms. The molecule has 5 heteroatoms. The lowest BCUT2D eigenvalue weighted by molar-refractivity contribution is 0.0486. The van der Waals surface area contributed by atoms with Crippen LogP contribution in [0.15, 0.2) is 22.6 Å². The first-order valence-corrected chi connectivity index (χ1v) is 6.51. The lowest BCUT2D eigenvalue weighted by atomic mass is 9.96. The van der Waals surface area contributed by atoms with Crippen LogP contribution in [0.1, 0.15) is 13.3 Å².